The third-order valence-electron chi connectivity index (χ3n) is 5.98. The van der Waals surface area contributed by atoms with Crippen LogP contribution >= 0.6 is 0 Å². The number of likely N-dealkylation sites (tertiary alicyclic amines) is 1. The summed E-state index contributed by atoms with van der Waals surface area (Å²) >= 11 is 0. The molecule has 1 saturated heterocycles. The van der Waals surface area contributed by atoms with Crippen LogP contribution in [0.2, 0.25) is 0 Å². The summed E-state index contributed by atoms with van der Waals surface area (Å²) in [5.74, 6) is -0.0502. The molecule has 1 aromatic carbocycles. The molecule has 6 nitrogen and oxygen atoms in total. The van der Waals surface area contributed by atoms with Crippen molar-refractivity contribution in [1.82, 2.24) is 10.1 Å². The summed E-state index contributed by atoms with van der Waals surface area (Å²) in [6.45, 7) is 0.674. The summed E-state index contributed by atoms with van der Waals surface area (Å²) in [5, 5.41) is 4.07. The average Bonchev–Trinajstić information content (AvgIpc) is 3.33. The molecule has 1 saturated carbocycles. The van der Waals surface area contributed by atoms with E-state index in [0.717, 1.165) is 31.2 Å². The zero-order chi connectivity index (χ0) is 18.1. The van der Waals surface area contributed by atoms with E-state index in [1.54, 1.807) is 14.2 Å². The quantitative estimate of drug-likeness (QED) is 0.842. The third-order valence-corrected chi connectivity index (χ3v) is 5.98. The predicted molar refractivity (Wildman–Crippen MR) is 95.8 cm³/mol. The maximum Gasteiger partial charge on any atom is 0.259 e. The second kappa shape index (κ2) is 6.85. The minimum atomic E-state index is -0.269. The smallest absolute Gasteiger partial charge is 0.259 e. The predicted octanol–water partition coefficient (Wildman–Crippen LogP) is 3.14. The monoisotopic (exact) mass is 356 g/mol. The van der Waals surface area contributed by atoms with Gasteiger partial charge in [-0.25, -0.2) is 0 Å². The Labute approximate surface area is 153 Å². The summed E-state index contributed by atoms with van der Waals surface area (Å²) in [6, 6.07) is 9.66. The Bertz CT molecular complexity index is 775. The molecule has 4 rings (SSSR count). The van der Waals surface area contributed by atoms with Gasteiger partial charge in [-0.3, -0.25) is 4.79 Å². The molecule has 0 spiro atoms. The molecular formula is C20H24N2O4. The fourth-order valence-corrected chi connectivity index (χ4v) is 4.47. The largest absolute Gasteiger partial charge is 0.381 e. The van der Waals surface area contributed by atoms with E-state index < -0.39 is 0 Å². The van der Waals surface area contributed by atoms with Gasteiger partial charge in [-0.2, -0.15) is 0 Å². The van der Waals surface area contributed by atoms with Gasteiger partial charge in [0.15, 0.2) is 0 Å². The zero-order valence-electron chi connectivity index (χ0n) is 15.2. The van der Waals surface area contributed by atoms with Gasteiger partial charge in [0.1, 0.15) is 17.5 Å². The Hall–Kier alpha value is -2.18. The molecular weight excluding hydrogens is 332 g/mol. The molecule has 138 valence electrons. The van der Waals surface area contributed by atoms with Gasteiger partial charge in [0.05, 0.1) is 17.7 Å². The van der Waals surface area contributed by atoms with Crippen molar-refractivity contribution in [2.24, 2.45) is 0 Å². The van der Waals surface area contributed by atoms with Crippen molar-refractivity contribution in [1.29, 1.82) is 0 Å². The van der Waals surface area contributed by atoms with Gasteiger partial charge in [-0.1, -0.05) is 35.5 Å². The van der Waals surface area contributed by atoms with Crippen molar-refractivity contribution in [3.8, 4) is 11.3 Å². The number of ether oxygens (including phenoxy) is 2. The average molecular weight is 356 g/mol. The number of rotatable bonds is 4. The minimum Gasteiger partial charge on any atom is -0.381 e. The van der Waals surface area contributed by atoms with E-state index in [0.29, 0.717) is 17.8 Å². The van der Waals surface area contributed by atoms with E-state index >= 15 is 0 Å². The number of benzene rings is 1. The van der Waals surface area contributed by atoms with E-state index in [-0.39, 0.29) is 23.7 Å². The molecule has 0 N–H and O–H groups in total. The molecule has 26 heavy (non-hydrogen) atoms. The zero-order valence-corrected chi connectivity index (χ0v) is 15.2. The highest BCUT2D eigenvalue weighted by Crippen LogP contribution is 2.44. The van der Waals surface area contributed by atoms with Gasteiger partial charge in [-0.15, -0.1) is 0 Å². The summed E-state index contributed by atoms with van der Waals surface area (Å²) in [5.41, 5.74) is 1.70. The van der Waals surface area contributed by atoms with Gasteiger partial charge in [0.25, 0.3) is 5.91 Å². The lowest BCUT2D eigenvalue weighted by Gasteiger charge is -2.43. The van der Waals surface area contributed by atoms with Gasteiger partial charge in [0.2, 0.25) is 0 Å². The van der Waals surface area contributed by atoms with Crippen LogP contribution in [0.5, 0.6) is 0 Å². The Balaban J connectivity index is 1.64. The van der Waals surface area contributed by atoms with E-state index in [1.165, 1.54) is 6.26 Å². The second-order valence-corrected chi connectivity index (χ2v) is 7.11. The number of carbonyl (C=O) groups is 1. The van der Waals surface area contributed by atoms with E-state index in [4.69, 9.17) is 14.0 Å². The molecule has 2 aromatic rings. The van der Waals surface area contributed by atoms with Crippen LogP contribution in [0.15, 0.2) is 41.1 Å². The number of carbonyl (C=O) groups excluding carboxylic acids is 1. The Morgan fingerprint density at radius 1 is 1.27 bits per heavy atom. The highest BCUT2D eigenvalue weighted by atomic mass is 16.5. The first-order chi connectivity index (χ1) is 12.7. The normalized spacial score (nSPS) is 28.2. The van der Waals surface area contributed by atoms with Gasteiger partial charge in [0, 0.05) is 26.3 Å². The van der Waals surface area contributed by atoms with Crippen molar-refractivity contribution in [3.63, 3.8) is 0 Å². The van der Waals surface area contributed by atoms with Crippen LogP contribution < -0.4 is 0 Å². The van der Waals surface area contributed by atoms with Gasteiger partial charge in [-0.05, 0) is 25.7 Å². The van der Waals surface area contributed by atoms with Crippen LogP contribution in [0.4, 0.5) is 0 Å². The molecule has 0 radical (unpaired) electrons. The Kier molecular flexibility index (Phi) is 4.54. The molecule has 6 heteroatoms. The van der Waals surface area contributed by atoms with Crippen molar-refractivity contribution < 1.29 is 18.8 Å². The Morgan fingerprint density at radius 2 is 2.08 bits per heavy atom. The molecule has 1 aromatic heterocycles. The first-order valence-corrected chi connectivity index (χ1v) is 9.07. The molecule has 1 aliphatic carbocycles. The van der Waals surface area contributed by atoms with E-state index in [9.17, 15) is 4.79 Å². The lowest BCUT2D eigenvalue weighted by Crippen LogP contribution is -2.53. The number of amides is 1. The summed E-state index contributed by atoms with van der Waals surface area (Å²) < 4.78 is 16.7. The van der Waals surface area contributed by atoms with Gasteiger partial charge < -0.3 is 18.9 Å². The maximum absolute atomic E-state index is 13.3. The van der Waals surface area contributed by atoms with Crippen molar-refractivity contribution >= 4 is 5.91 Å². The van der Waals surface area contributed by atoms with Crippen LogP contribution in [-0.2, 0) is 9.47 Å². The number of fused-ring (bicyclic) bond motifs is 1. The molecule has 2 fully saturated rings. The fraction of sp³-hybridized carbons (Fsp3) is 0.500. The molecule has 1 amide bonds. The highest BCUT2D eigenvalue weighted by molar-refractivity contribution is 6.00. The number of nitrogens with zero attached hydrogens (tertiary/aromatic N) is 2. The van der Waals surface area contributed by atoms with Crippen LogP contribution in [0.1, 0.15) is 36.0 Å². The Morgan fingerprint density at radius 3 is 2.81 bits per heavy atom. The third kappa shape index (κ3) is 2.73. The topological polar surface area (TPSA) is 64.8 Å². The molecule has 3 atom stereocenters. The number of methoxy groups -OCH3 is 2. The first kappa shape index (κ1) is 17.2. The lowest BCUT2D eigenvalue weighted by atomic mass is 9.79. The lowest BCUT2D eigenvalue weighted by molar-refractivity contribution is -0.0893. The first-order valence-electron chi connectivity index (χ1n) is 9.07. The molecule has 2 aliphatic rings. The van der Waals surface area contributed by atoms with Crippen LogP contribution in [0.3, 0.4) is 0 Å². The SMILES string of the molecule is CO[C@H]1CC[C@@]2(OC)CCN(C(=O)c3conc3-c3ccccc3)[C@H]2C1. The number of aromatic nitrogens is 1. The molecule has 0 unspecified atom stereocenters. The highest BCUT2D eigenvalue weighted by Gasteiger charge is 2.53. The summed E-state index contributed by atoms with van der Waals surface area (Å²) in [7, 11) is 3.49. The molecule has 1 aliphatic heterocycles. The van der Waals surface area contributed by atoms with Gasteiger partial charge >= 0.3 is 0 Å². The van der Waals surface area contributed by atoms with Crippen molar-refractivity contribution in [2.45, 2.75) is 43.4 Å². The molecule has 0 bridgehead atoms. The van der Waals surface area contributed by atoms with Crippen LogP contribution in [0, 0.1) is 0 Å². The fourth-order valence-electron chi connectivity index (χ4n) is 4.47. The van der Waals surface area contributed by atoms with E-state index in [1.807, 2.05) is 35.2 Å². The summed E-state index contributed by atoms with van der Waals surface area (Å²) in [4.78, 5) is 15.3. The maximum atomic E-state index is 13.3. The van der Waals surface area contributed by atoms with Crippen LogP contribution in [-0.4, -0.2) is 54.5 Å². The van der Waals surface area contributed by atoms with Crippen molar-refractivity contribution in [3.05, 3.63) is 42.2 Å². The second-order valence-electron chi connectivity index (χ2n) is 7.11. The number of hydrogen-bond donors (Lipinski definition) is 0. The van der Waals surface area contributed by atoms with Crippen molar-refractivity contribution in [2.75, 3.05) is 20.8 Å². The van der Waals surface area contributed by atoms with Crippen LogP contribution in [0.25, 0.3) is 11.3 Å². The molecule has 2 heterocycles. The standard InChI is InChI=1S/C20H24N2O4/c1-24-15-8-9-20(25-2)10-11-22(17(20)12-15)19(23)16-13-26-21-18(16)14-6-4-3-5-7-14/h3-7,13,15,17H,8-12H2,1-2H3/t15-,17-,20+/m0/s1. The summed E-state index contributed by atoms with van der Waals surface area (Å²) in [6.07, 6.45) is 5.13. The van der Waals surface area contributed by atoms with E-state index in [2.05, 4.69) is 5.16 Å². The number of hydrogen-bond acceptors (Lipinski definition) is 5. The minimum absolute atomic E-state index is 0.0113.